The SMILES string of the molecule is Cc1ccc([N+](=O)[O-])c(=O)n1CCOc1cccc2ccccc12. The molecule has 0 fully saturated rings. The molecule has 0 N–H and O–H groups in total. The summed E-state index contributed by atoms with van der Waals surface area (Å²) in [5.74, 6) is 0.726. The van der Waals surface area contributed by atoms with Gasteiger partial charge in [-0.1, -0.05) is 36.4 Å². The second-order valence-electron chi connectivity index (χ2n) is 5.40. The molecule has 0 unspecified atom stereocenters. The summed E-state index contributed by atoms with van der Waals surface area (Å²) in [6.07, 6.45) is 0. The van der Waals surface area contributed by atoms with Crippen LogP contribution in [0.1, 0.15) is 5.69 Å². The lowest BCUT2D eigenvalue weighted by Crippen LogP contribution is -2.26. The molecule has 1 heterocycles. The van der Waals surface area contributed by atoms with Crippen molar-refractivity contribution in [3.05, 3.63) is 80.8 Å². The van der Waals surface area contributed by atoms with Crippen molar-refractivity contribution in [3.8, 4) is 5.75 Å². The van der Waals surface area contributed by atoms with Crippen LogP contribution in [-0.4, -0.2) is 16.1 Å². The van der Waals surface area contributed by atoms with Gasteiger partial charge in [0.15, 0.2) is 0 Å². The number of aryl methyl sites for hydroxylation is 1. The third kappa shape index (κ3) is 2.99. The van der Waals surface area contributed by atoms with Gasteiger partial charge in [0.25, 0.3) is 0 Å². The molecule has 0 atom stereocenters. The molecule has 6 heteroatoms. The molecule has 24 heavy (non-hydrogen) atoms. The number of nitrogens with zero attached hydrogens (tertiary/aromatic N) is 2. The standard InChI is InChI=1S/C18H16N2O4/c1-13-9-10-16(20(22)23)18(21)19(13)11-12-24-17-8-4-6-14-5-2-3-7-15(14)17/h2-10H,11-12H2,1H3. The van der Waals surface area contributed by atoms with Crippen LogP contribution in [0.5, 0.6) is 5.75 Å². The van der Waals surface area contributed by atoms with Crippen molar-refractivity contribution in [2.45, 2.75) is 13.5 Å². The third-order valence-electron chi connectivity index (χ3n) is 3.89. The quantitative estimate of drug-likeness (QED) is 0.533. The Labute approximate surface area is 138 Å². The number of fused-ring (bicyclic) bond motifs is 1. The minimum Gasteiger partial charge on any atom is -0.491 e. The second kappa shape index (κ2) is 6.54. The molecule has 3 aromatic rings. The molecule has 2 aromatic carbocycles. The number of hydrogen-bond donors (Lipinski definition) is 0. The van der Waals surface area contributed by atoms with Crippen molar-refractivity contribution in [1.82, 2.24) is 4.57 Å². The number of ether oxygens (including phenoxy) is 1. The maximum Gasteiger partial charge on any atom is 0.334 e. The van der Waals surface area contributed by atoms with Crippen molar-refractivity contribution in [1.29, 1.82) is 0 Å². The highest BCUT2D eigenvalue weighted by atomic mass is 16.6. The van der Waals surface area contributed by atoms with Crippen molar-refractivity contribution in [3.63, 3.8) is 0 Å². The minimum absolute atomic E-state index is 0.246. The maximum atomic E-state index is 12.2. The van der Waals surface area contributed by atoms with E-state index >= 15 is 0 Å². The van der Waals surface area contributed by atoms with Gasteiger partial charge in [-0.3, -0.25) is 14.9 Å². The van der Waals surface area contributed by atoms with Crippen LogP contribution < -0.4 is 10.3 Å². The molecule has 0 bridgehead atoms. The first-order valence-corrected chi connectivity index (χ1v) is 7.53. The molecule has 0 aliphatic rings. The number of aromatic nitrogens is 1. The highest BCUT2D eigenvalue weighted by Gasteiger charge is 2.15. The fourth-order valence-corrected chi connectivity index (χ4v) is 2.64. The summed E-state index contributed by atoms with van der Waals surface area (Å²) in [5, 5.41) is 12.9. The number of pyridine rings is 1. The Kier molecular flexibility index (Phi) is 4.29. The predicted molar refractivity (Wildman–Crippen MR) is 91.5 cm³/mol. The highest BCUT2D eigenvalue weighted by Crippen LogP contribution is 2.25. The Morgan fingerprint density at radius 2 is 1.83 bits per heavy atom. The molecule has 0 spiro atoms. The average molecular weight is 324 g/mol. The van der Waals surface area contributed by atoms with Gasteiger partial charge in [0.2, 0.25) is 0 Å². The zero-order valence-corrected chi connectivity index (χ0v) is 13.1. The van der Waals surface area contributed by atoms with Crippen LogP contribution in [0.25, 0.3) is 10.8 Å². The van der Waals surface area contributed by atoms with Gasteiger partial charge in [0.1, 0.15) is 12.4 Å². The highest BCUT2D eigenvalue weighted by molar-refractivity contribution is 5.88. The Morgan fingerprint density at radius 1 is 1.08 bits per heavy atom. The molecule has 0 radical (unpaired) electrons. The molecule has 0 aliphatic heterocycles. The van der Waals surface area contributed by atoms with Gasteiger partial charge in [-0.15, -0.1) is 0 Å². The molecule has 0 amide bonds. The van der Waals surface area contributed by atoms with Crippen LogP contribution in [0.15, 0.2) is 59.4 Å². The van der Waals surface area contributed by atoms with E-state index in [0.717, 1.165) is 16.5 Å². The van der Waals surface area contributed by atoms with Crippen molar-refractivity contribution < 1.29 is 9.66 Å². The molecule has 0 aliphatic carbocycles. The number of nitro groups is 1. The van der Waals surface area contributed by atoms with Crippen LogP contribution in [0, 0.1) is 17.0 Å². The van der Waals surface area contributed by atoms with Gasteiger partial charge >= 0.3 is 11.2 Å². The molecular formula is C18H16N2O4. The summed E-state index contributed by atoms with van der Waals surface area (Å²) in [4.78, 5) is 22.4. The van der Waals surface area contributed by atoms with E-state index in [1.54, 1.807) is 13.0 Å². The molecular weight excluding hydrogens is 308 g/mol. The van der Waals surface area contributed by atoms with Crippen molar-refractivity contribution in [2.75, 3.05) is 6.61 Å². The van der Waals surface area contributed by atoms with Crippen LogP contribution in [0.2, 0.25) is 0 Å². The van der Waals surface area contributed by atoms with Crippen molar-refractivity contribution >= 4 is 16.5 Å². The Balaban J connectivity index is 1.81. The first-order chi connectivity index (χ1) is 11.6. The fraction of sp³-hybridized carbons (Fsp3) is 0.167. The zero-order valence-electron chi connectivity index (χ0n) is 13.1. The van der Waals surface area contributed by atoms with Gasteiger partial charge in [0, 0.05) is 17.1 Å². The van der Waals surface area contributed by atoms with E-state index in [1.165, 1.54) is 10.6 Å². The van der Waals surface area contributed by atoms with E-state index in [9.17, 15) is 14.9 Å². The van der Waals surface area contributed by atoms with E-state index in [0.29, 0.717) is 5.69 Å². The summed E-state index contributed by atoms with van der Waals surface area (Å²) in [6, 6.07) is 16.4. The topological polar surface area (TPSA) is 74.4 Å². The van der Waals surface area contributed by atoms with Crippen LogP contribution in [-0.2, 0) is 6.54 Å². The minimum atomic E-state index is -0.663. The zero-order chi connectivity index (χ0) is 17.1. The van der Waals surface area contributed by atoms with Gasteiger partial charge < -0.3 is 9.30 Å². The largest absolute Gasteiger partial charge is 0.491 e. The van der Waals surface area contributed by atoms with Gasteiger partial charge in [-0.05, 0) is 24.4 Å². The van der Waals surface area contributed by atoms with E-state index in [4.69, 9.17) is 4.74 Å². The normalized spacial score (nSPS) is 10.7. The Morgan fingerprint density at radius 3 is 2.62 bits per heavy atom. The molecule has 0 saturated carbocycles. The summed E-state index contributed by atoms with van der Waals surface area (Å²) in [7, 11) is 0. The number of rotatable bonds is 5. The Bertz CT molecular complexity index is 957. The Hall–Kier alpha value is -3.15. The van der Waals surface area contributed by atoms with E-state index in [1.807, 2.05) is 42.5 Å². The fourth-order valence-electron chi connectivity index (χ4n) is 2.64. The van der Waals surface area contributed by atoms with E-state index < -0.39 is 16.2 Å². The molecule has 0 saturated heterocycles. The lowest BCUT2D eigenvalue weighted by molar-refractivity contribution is -0.386. The average Bonchev–Trinajstić information content (AvgIpc) is 2.57. The van der Waals surface area contributed by atoms with Crippen LogP contribution in [0.4, 0.5) is 5.69 Å². The van der Waals surface area contributed by atoms with Gasteiger partial charge in [-0.2, -0.15) is 0 Å². The number of benzene rings is 2. The molecule has 6 nitrogen and oxygen atoms in total. The summed E-state index contributed by atoms with van der Waals surface area (Å²) in [6.45, 7) is 2.23. The van der Waals surface area contributed by atoms with Gasteiger partial charge in [-0.25, -0.2) is 0 Å². The van der Waals surface area contributed by atoms with E-state index in [2.05, 4.69) is 0 Å². The molecule has 3 rings (SSSR count). The molecule has 1 aromatic heterocycles. The van der Waals surface area contributed by atoms with Crippen LogP contribution in [0.3, 0.4) is 0 Å². The second-order valence-corrected chi connectivity index (χ2v) is 5.40. The summed E-state index contributed by atoms with van der Waals surface area (Å²) in [5.41, 5.74) is -0.376. The number of hydrogen-bond acceptors (Lipinski definition) is 4. The van der Waals surface area contributed by atoms with Crippen LogP contribution >= 0.6 is 0 Å². The monoisotopic (exact) mass is 324 g/mol. The first-order valence-electron chi connectivity index (χ1n) is 7.53. The van der Waals surface area contributed by atoms with E-state index in [-0.39, 0.29) is 13.2 Å². The molecule has 122 valence electrons. The smallest absolute Gasteiger partial charge is 0.334 e. The predicted octanol–water partition coefficient (Wildman–Crippen LogP) is 3.30. The maximum absolute atomic E-state index is 12.2. The lowest BCUT2D eigenvalue weighted by atomic mass is 10.1. The third-order valence-corrected chi connectivity index (χ3v) is 3.89. The summed E-state index contributed by atoms with van der Waals surface area (Å²) < 4.78 is 7.17. The first kappa shape index (κ1) is 15.7. The van der Waals surface area contributed by atoms with Crippen molar-refractivity contribution in [2.24, 2.45) is 0 Å². The van der Waals surface area contributed by atoms with Gasteiger partial charge in [0.05, 0.1) is 11.5 Å². The summed E-state index contributed by atoms with van der Waals surface area (Å²) >= 11 is 0. The lowest BCUT2D eigenvalue weighted by Gasteiger charge is -2.12.